The first-order valence-corrected chi connectivity index (χ1v) is 6.63. The number of aromatic nitrogens is 1. The minimum Gasteiger partial charge on any atom is -0.382 e. The molecule has 0 bridgehead atoms. The number of amidine groups is 1. The molecule has 0 unspecified atom stereocenters. The number of rotatable bonds is 5. The minimum absolute atomic E-state index is 0.0554. The third-order valence-electron chi connectivity index (χ3n) is 3.63. The Balaban J connectivity index is 1.97. The van der Waals surface area contributed by atoms with Gasteiger partial charge >= 0.3 is 0 Å². The van der Waals surface area contributed by atoms with Crippen molar-refractivity contribution in [2.45, 2.75) is 32.2 Å². The van der Waals surface area contributed by atoms with E-state index in [2.05, 4.69) is 16.9 Å². The number of nitrogens with one attached hydrogen (secondary N) is 1. The quantitative estimate of drug-likeness (QED) is 0.617. The third kappa shape index (κ3) is 3.29. The number of nitrogen functional groups attached to an aromatic ring is 1. The van der Waals surface area contributed by atoms with Gasteiger partial charge in [-0.25, -0.2) is 0 Å². The van der Waals surface area contributed by atoms with Gasteiger partial charge in [-0.05, 0) is 37.4 Å². The van der Waals surface area contributed by atoms with Gasteiger partial charge in [-0.3, -0.25) is 10.4 Å². The number of hydrogen-bond donors (Lipinski definition) is 2. The van der Waals surface area contributed by atoms with E-state index in [0.717, 1.165) is 24.6 Å². The average Bonchev–Trinajstić information content (AvgIpc) is 2.82. The van der Waals surface area contributed by atoms with Gasteiger partial charge in [0.1, 0.15) is 11.5 Å². The zero-order chi connectivity index (χ0) is 13.0. The predicted octanol–water partition coefficient (Wildman–Crippen LogP) is 1.99. The van der Waals surface area contributed by atoms with Gasteiger partial charge in [0, 0.05) is 19.3 Å². The van der Waals surface area contributed by atoms with Gasteiger partial charge in [0.2, 0.25) is 0 Å². The number of nitrogens with two attached hydrogens (primary N) is 1. The summed E-state index contributed by atoms with van der Waals surface area (Å²) in [5.74, 6) is 0.896. The van der Waals surface area contributed by atoms with Crippen molar-refractivity contribution >= 4 is 5.84 Å². The molecule has 3 N–H and O–H groups in total. The molecule has 1 saturated carbocycles. The maximum Gasteiger partial charge on any atom is 0.142 e. The standard InChI is InChI=1S/C14H22N4/c1-18(9-11-5-2-3-6-11)10-12-7-4-8-17-13(12)14(15)16/h4,7-8,11H,2-3,5-6,9-10H2,1H3,(H3,15,16). The molecule has 1 heterocycles. The van der Waals surface area contributed by atoms with E-state index >= 15 is 0 Å². The lowest BCUT2D eigenvalue weighted by Crippen LogP contribution is -2.26. The lowest BCUT2D eigenvalue weighted by atomic mass is 10.1. The molecule has 0 amide bonds. The van der Waals surface area contributed by atoms with Crippen LogP contribution in [0.3, 0.4) is 0 Å². The molecule has 1 fully saturated rings. The molecule has 1 aliphatic rings. The average molecular weight is 246 g/mol. The van der Waals surface area contributed by atoms with Crippen molar-refractivity contribution in [2.24, 2.45) is 11.7 Å². The molecule has 2 rings (SSSR count). The van der Waals surface area contributed by atoms with Gasteiger partial charge in [0.15, 0.2) is 0 Å². The molecular formula is C14H22N4. The van der Waals surface area contributed by atoms with Gasteiger partial charge in [-0.1, -0.05) is 18.9 Å². The summed E-state index contributed by atoms with van der Waals surface area (Å²) >= 11 is 0. The highest BCUT2D eigenvalue weighted by Crippen LogP contribution is 2.25. The molecule has 4 nitrogen and oxygen atoms in total. The largest absolute Gasteiger partial charge is 0.382 e. The first kappa shape index (κ1) is 13.0. The summed E-state index contributed by atoms with van der Waals surface area (Å²) in [7, 11) is 2.13. The molecule has 0 atom stereocenters. The van der Waals surface area contributed by atoms with E-state index in [1.54, 1.807) is 6.20 Å². The maximum atomic E-state index is 7.54. The molecule has 1 aromatic rings. The van der Waals surface area contributed by atoms with Gasteiger partial charge in [0.05, 0.1) is 0 Å². The van der Waals surface area contributed by atoms with Crippen LogP contribution < -0.4 is 5.73 Å². The smallest absolute Gasteiger partial charge is 0.142 e. The molecule has 0 aromatic carbocycles. The lowest BCUT2D eigenvalue weighted by Gasteiger charge is -2.21. The van der Waals surface area contributed by atoms with Crippen molar-refractivity contribution in [1.82, 2.24) is 9.88 Å². The second-order valence-corrected chi connectivity index (χ2v) is 5.27. The number of nitrogens with zero attached hydrogens (tertiary/aromatic N) is 2. The Morgan fingerprint density at radius 1 is 1.50 bits per heavy atom. The van der Waals surface area contributed by atoms with E-state index in [1.165, 1.54) is 25.7 Å². The first-order valence-electron chi connectivity index (χ1n) is 6.63. The lowest BCUT2D eigenvalue weighted by molar-refractivity contribution is 0.271. The highest BCUT2D eigenvalue weighted by Gasteiger charge is 2.17. The van der Waals surface area contributed by atoms with Crippen LogP contribution in [0.2, 0.25) is 0 Å². The van der Waals surface area contributed by atoms with Crippen LogP contribution in [-0.2, 0) is 6.54 Å². The van der Waals surface area contributed by atoms with Crippen LogP contribution in [-0.4, -0.2) is 29.3 Å². The summed E-state index contributed by atoms with van der Waals surface area (Å²) in [6.07, 6.45) is 7.17. The molecule has 0 aliphatic heterocycles. The van der Waals surface area contributed by atoms with Gasteiger partial charge in [-0.2, -0.15) is 0 Å². The molecular weight excluding hydrogens is 224 g/mol. The molecule has 0 saturated heterocycles. The highest BCUT2D eigenvalue weighted by molar-refractivity contribution is 5.94. The van der Waals surface area contributed by atoms with Gasteiger partial charge < -0.3 is 10.6 Å². The number of pyridine rings is 1. The van der Waals surface area contributed by atoms with E-state index in [-0.39, 0.29) is 5.84 Å². The van der Waals surface area contributed by atoms with Gasteiger partial charge in [-0.15, -0.1) is 0 Å². The van der Waals surface area contributed by atoms with Crippen LogP contribution in [0.1, 0.15) is 36.9 Å². The summed E-state index contributed by atoms with van der Waals surface area (Å²) < 4.78 is 0. The zero-order valence-electron chi connectivity index (χ0n) is 11.0. The van der Waals surface area contributed by atoms with Crippen molar-refractivity contribution in [1.29, 1.82) is 5.41 Å². The van der Waals surface area contributed by atoms with Crippen molar-refractivity contribution in [3.63, 3.8) is 0 Å². The molecule has 0 radical (unpaired) electrons. The van der Waals surface area contributed by atoms with Crippen molar-refractivity contribution in [3.05, 3.63) is 29.6 Å². The molecule has 98 valence electrons. The molecule has 1 aromatic heterocycles. The molecule has 18 heavy (non-hydrogen) atoms. The maximum absolute atomic E-state index is 7.54. The third-order valence-corrected chi connectivity index (χ3v) is 3.63. The van der Waals surface area contributed by atoms with E-state index in [0.29, 0.717) is 5.69 Å². The van der Waals surface area contributed by atoms with E-state index in [4.69, 9.17) is 11.1 Å². The Kier molecular flexibility index (Phi) is 4.31. The Morgan fingerprint density at radius 2 is 2.22 bits per heavy atom. The highest BCUT2D eigenvalue weighted by atomic mass is 15.1. The second kappa shape index (κ2) is 5.96. The zero-order valence-corrected chi connectivity index (χ0v) is 11.0. The summed E-state index contributed by atoms with van der Waals surface area (Å²) in [4.78, 5) is 6.51. The van der Waals surface area contributed by atoms with Crippen molar-refractivity contribution in [2.75, 3.05) is 13.6 Å². The van der Waals surface area contributed by atoms with Gasteiger partial charge in [0.25, 0.3) is 0 Å². The Labute approximate surface area is 109 Å². The molecule has 1 aliphatic carbocycles. The van der Waals surface area contributed by atoms with E-state index in [1.807, 2.05) is 12.1 Å². The van der Waals surface area contributed by atoms with Crippen LogP contribution in [0, 0.1) is 11.3 Å². The Morgan fingerprint density at radius 3 is 2.89 bits per heavy atom. The van der Waals surface area contributed by atoms with Crippen molar-refractivity contribution < 1.29 is 0 Å². The van der Waals surface area contributed by atoms with E-state index < -0.39 is 0 Å². The van der Waals surface area contributed by atoms with E-state index in [9.17, 15) is 0 Å². The SMILES string of the molecule is CN(Cc1cccnc1C(=N)N)CC1CCCC1. The summed E-state index contributed by atoms with van der Waals surface area (Å²) in [5, 5.41) is 7.54. The fourth-order valence-electron chi connectivity index (χ4n) is 2.80. The fraction of sp³-hybridized carbons (Fsp3) is 0.571. The molecule has 0 spiro atoms. The Bertz CT molecular complexity index is 410. The van der Waals surface area contributed by atoms with Crippen LogP contribution in [0.4, 0.5) is 0 Å². The summed E-state index contributed by atoms with van der Waals surface area (Å²) in [6.45, 7) is 1.95. The predicted molar refractivity (Wildman–Crippen MR) is 73.5 cm³/mol. The Hall–Kier alpha value is -1.42. The monoisotopic (exact) mass is 246 g/mol. The van der Waals surface area contributed by atoms with Crippen LogP contribution in [0.5, 0.6) is 0 Å². The van der Waals surface area contributed by atoms with Crippen molar-refractivity contribution in [3.8, 4) is 0 Å². The number of hydrogen-bond acceptors (Lipinski definition) is 3. The normalized spacial score (nSPS) is 16.3. The fourth-order valence-corrected chi connectivity index (χ4v) is 2.80. The topological polar surface area (TPSA) is 66.0 Å². The summed E-state index contributed by atoms with van der Waals surface area (Å²) in [5.41, 5.74) is 7.22. The van der Waals surface area contributed by atoms with Crippen LogP contribution in [0.25, 0.3) is 0 Å². The summed E-state index contributed by atoms with van der Waals surface area (Å²) in [6, 6.07) is 3.92. The first-order chi connectivity index (χ1) is 8.66. The minimum atomic E-state index is 0.0554. The van der Waals surface area contributed by atoms with Crippen LogP contribution in [0.15, 0.2) is 18.3 Å². The van der Waals surface area contributed by atoms with Crippen LogP contribution >= 0.6 is 0 Å². The second-order valence-electron chi connectivity index (χ2n) is 5.27. The molecule has 4 heteroatoms.